The summed E-state index contributed by atoms with van der Waals surface area (Å²) >= 11 is 0. The van der Waals surface area contributed by atoms with Crippen LogP contribution in [0.3, 0.4) is 0 Å². The number of aromatic nitrogens is 5. The second-order valence-electron chi connectivity index (χ2n) is 8.12. The molecule has 1 aliphatic carbocycles. The van der Waals surface area contributed by atoms with Crippen LogP contribution in [0.4, 0.5) is 10.3 Å². The minimum atomic E-state index is -0.179. The Labute approximate surface area is 178 Å². The maximum Gasteiger partial charge on any atom is 0.210 e. The highest BCUT2D eigenvalue weighted by Gasteiger charge is 2.32. The van der Waals surface area contributed by atoms with Crippen molar-refractivity contribution < 1.29 is 9.13 Å². The Hall–Kier alpha value is -3.55. The molecule has 6 rings (SSSR count). The van der Waals surface area contributed by atoms with Crippen molar-refractivity contribution >= 4 is 11.6 Å². The number of aryl methyl sites for hydroxylation is 1. The summed E-state index contributed by atoms with van der Waals surface area (Å²) in [5, 5.41) is 11.6. The molecule has 4 aromatic rings. The molecule has 0 saturated heterocycles. The quantitative estimate of drug-likeness (QED) is 0.529. The molecule has 4 heterocycles. The molecule has 1 N–H and O–H groups in total. The maximum atomic E-state index is 15.0. The van der Waals surface area contributed by atoms with Crippen LogP contribution in [0.25, 0.3) is 16.8 Å². The maximum absolute atomic E-state index is 15.0. The number of hydrogen-bond acceptors (Lipinski definition) is 6. The highest BCUT2D eigenvalue weighted by Crippen LogP contribution is 2.48. The number of halogens is 1. The van der Waals surface area contributed by atoms with Crippen LogP contribution in [-0.4, -0.2) is 31.2 Å². The van der Waals surface area contributed by atoms with E-state index in [1.807, 2.05) is 19.1 Å². The zero-order valence-corrected chi connectivity index (χ0v) is 17.1. The largest absolute Gasteiger partial charge is 0.493 e. The van der Waals surface area contributed by atoms with Crippen molar-refractivity contribution in [2.75, 3.05) is 11.9 Å². The van der Waals surface area contributed by atoms with E-state index in [-0.39, 0.29) is 5.82 Å². The van der Waals surface area contributed by atoms with Crippen molar-refractivity contribution in [3.63, 3.8) is 0 Å². The highest BCUT2D eigenvalue weighted by molar-refractivity contribution is 5.78. The number of pyridine rings is 1. The van der Waals surface area contributed by atoms with Gasteiger partial charge in [0.1, 0.15) is 17.9 Å². The van der Waals surface area contributed by atoms with Crippen LogP contribution in [0.2, 0.25) is 0 Å². The molecule has 1 saturated carbocycles. The van der Waals surface area contributed by atoms with E-state index >= 15 is 4.39 Å². The highest BCUT2D eigenvalue weighted by atomic mass is 19.1. The van der Waals surface area contributed by atoms with Gasteiger partial charge in [0.25, 0.3) is 0 Å². The monoisotopic (exact) mass is 416 g/mol. The molecule has 0 bridgehead atoms. The molecule has 1 aromatic carbocycles. The minimum absolute atomic E-state index is 0.179. The molecule has 156 valence electrons. The zero-order chi connectivity index (χ0) is 20.9. The summed E-state index contributed by atoms with van der Waals surface area (Å²) in [6.07, 6.45) is 8.10. The Morgan fingerprint density at radius 3 is 3.00 bits per heavy atom. The Bertz CT molecular complexity index is 1310. The summed E-state index contributed by atoms with van der Waals surface area (Å²) in [7, 11) is 0. The first kappa shape index (κ1) is 18.2. The van der Waals surface area contributed by atoms with Crippen molar-refractivity contribution in [3.05, 3.63) is 65.1 Å². The molecule has 2 aliphatic rings. The van der Waals surface area contributed by atoms with Gasteiger partial charge in [0.15, 0.2) is 5.65 Å². The molecule has 0 amide bonds. The van der Waals surface area contributed by atoms with Gasteiger partial charge in [-0.05, 0) is 37.8 Å². The number of anilines is 1. The average molecular weight is 416 g/mol. The zero-order valence-electron chi connectivity index (χ0n) is 17.1. The fourth-order valence-corrected chi connectivity index (χ4v) is 4.40. The lowest BCUT2D eigenvalue weighted by atomic mass is 9.98. The SMILES string of the molecule is Cc1ncccc1-c1cnc(NCc2c(F)cc(C3CC3)c3c2CCO3)n2cnnc12. The summed E-state index contributed by atoms with van der Waals surface area (Å²) in [4.78, 5) is 8.94. The van der Waals surface area contributed by atoms with Crippen LogP contribution in [0.15, 0.2) is 36.9 Å². The topological polar surface area (TPSA) is 77.2 Å². The van der Waals surface area contributed by atoms with Crippen molar-refractivity contribution in [3.8, 4) is 16.9 Å². The number of hydrogen-bond donors (Lipinski definition) is 1. The molecule has 7 nitrogen and oxygen atoms in total. The van der Waals surface area contributed by atoms with Crippen molar-refractivity contribution in [1.29, 1.82) is 0 Å². The predicted octanol–water partition coefficient (Wildman–Crippen LogP) is 4.06. The van der Waals surface area contributed by atoms with E-state index in [1.54, 1.807) is 29.2 Å². The Balaban J connectivity index is 1.35. The fraction of sp³-hybridized carbons (Fsp3) is 0.304. The van der Waals surface area contributed by atoms with Crippen LogP contribution in [0.5, 0.6) is 5.75 Å². The number of nitrogens with zero attached hydrogens (tertiary/aromatic N) is 5. The van der Waals surface area contributed by atoms with Crippen LogP contribution in [0.1, 0.15) is 41.1 Å². The molecular formula is C23H21FN6O. The molecule has 8 heteroatoms. The van der Waals surface area contributed by atoms with E-state index in [2.05, 4.69) is 25.5 Å². The van der Waals surface area contributed by atoms with E-state index in [0.29, 0.717) is 36.2 Å². The second-order valence-corrected chi connectivity index (χ2v) is 8.12. The van der Waals surface area contributed by atoms with Gasteiger partial charge in [-0.25, -0.2) is 9.37 Å². The Kier molecular flexibility index (Phi) is 4.12. The van der Waals surface area contributed by atoms with Crippen LogP contribution in [0, 0.1) is 12.7 Å². The molecule has 3 aromatic heterocycles. The molecule has 0 unspecified atom stereocenters. The molecule has 0 radical (unpaired) electrons. The summed E-state index contributed by atoms with van der Waals surface area (Å²) in [6.45, 7) is 2.87. The summed E-state index contributed by atoms with van der Waals surface area (Å²) in [5.74, 6) is 1.72. The van der Waals surface area contributed by atoms with Gasteiger partial charge < -0.3 is 10.1 Å². The van der Waals surface area contributed by atoms with Gasteiger partial charge in [-0.3, -0.25) is 9.38 Å². The molecule has 1 fully saturated rings. The van der Waals surface area contributed by atoms with E-state index in [4.69, 9.17) is 4.74 Å². The predicted molar refractivity (Wildman–Crippen MR) is 114 cm³/mol. The lowest BCUT2D eigenvalue weighted by molar-refractivity contribution is 0.353. The van der Waals surface area contributed by atoms with E-state index in [1.165, 1.54) is 0 Å². The first-order valence-electron chi connectivity index (χ1n) is 10.5. The summed E-state index contributed by atoms with van der Waals surface area (Å²) in [6, 6.07) is 5.54. The standard InChI is InChI=1S/C23H21FN6O/c1-13-15(3-2-7-25-13)19-11-27-23(30-12-28-29-22(19)30)26-10-18-16-6-8-31-21(16)17(9-20(18)24)14-4-5-14/h2-3,7,9,11-12,14H,4-6,8,10H2,1H3,(H,26,27). The molecule has 1 aliphatic heterocycles. The third-order valence-electron chi connectivity index (χ3n) is 6.14. The molecule has 31 heavy (non-hydrogen) atoms. The van der Waals surface area contributed by atoms with Crippen LogP contribution >= 0.6 is 0 Å². The lowest BCUT2D eigenvalue weighted by Crippen LogP contribution is -2.10. The molecular weight excluding hydrogens is 395 g/mol. The summed E-state index contributed by atoms with van der Waals surface area (Å²) < 4.78 is 22.7. The van der Waals surface area contributed by atoms with Gasteiger partial charge in [0, 0.05) is 58.9 Å². The number of rotatable bonds is 5. The fourth-order valence-electron chi connectivity index (χ4n) is 4.40. The normalized spacial score (nSPS) is 15.2. The van der Waals surface area contributed by atoms with E-state index in [9.17, 15) is 0 Å². The van der Waals surface area contributed by atoms with Gasteiger partial charge in [0.05, 0.1) is 6.61 Å². The number of nitrogens with one attached hydrogen (secondary N) is 1. The second kappa shape index (κ2) is 7.01. The Morgan fingerprint density at radius 1 is 1.26 bits per heavy atom. The van der Waals surface area contributed by atoms with Gasteiger partial charge in [-0.2, -0.15) is 0 Å². The van der Waals surface area contributed by atoms with Crippen molar-refractivity contribution in [1.82, 2.24) is 24.6 Å². The van der Waals surface area contributed by atoms with E-state index < -0.39 is 0 Å². The number of ether oxygens (including phenoxy) is 1. The van der Waals surface area contributed by atoms with Gasteiger partial charge >= 0.3 is 0 Å². The van der Waals surface area contributed by atoms with Gasteiger partial charge in [-0.15, -0.1) is 10.2 Å². The van der Waals surface area contributed by atoms with Gasteiger partial charge in [0.2, 0.25) is 5.95 Å². The van der Waals surface area contributed by atoms with Crippen LogP contribution in [-0.2, 0) is 13.0 Å². The third-order valence-corrected chi connectivity index (χ3v) is 6.14. The van der Waals surface area contributed by atoms with Crippen molar-refractivity contribution in [2.45, 2.75) is 38.6 Å². The lowest BCUT2D eigenvalue weighted by Gasteiger charge is -2.15. The van der Waals surface area contributed by atoms with Crippen molar-refractivity contribution in [2.24, 2.45) is 0 Å². The first-order valence-corrected chi connectivity index (χ1v) is 10.5. The first-order chi connectivity index (χ1) is 15.2. The minimum Gasteiger partial charge on any atom is -0.493 e. The molecule has 0 spiro atoms. The third kappa shape index (κ3) is 3.01. The average Bonchev–Trinajstić information content (AvgIpc) is 3.29. The molecule has 0 atom stereocenters. The van der Waals surface area contributed by atoms with E-state index in [0.717, 1.165) is 53.0 Å². The number of fused-ring (bicyclic) bond motifs is 2. The Morgan fingerprint density at radius 2 is 2.16 bits per heavy atom. The summed E-state index contributed by atoms with van der Waals surface area (Å²) in [5.41, 5.74) is 6.03. The number of benzene rings is 1. The smallest absolute Gasteiger partial charge is 0.210 e. The van der Waals surface area contributed by atoms with Gasteiger partial charge in [-0.1, -0.05) is 6.07 Å². The van der Waals surface area contributed by atoms with Crippen LogP contribution < -0.4 is 10.1 Å².